The Kier molecular flexibility index (Phi) is 6.30. The largest absolute Gasteiger partial charge is 0.496 e. The number of hydrogen-bond acceptors (Lipinski definition) is 5. The quantitative estimate of drug-likeness (QED) is 0.515. The lowest BCUT2D eigenvalue weighted by molar-refractivity contribution is 0.0592. The molecule has 0 amide bonds. The van der Waals surface area contributed by atoms with Crippen LogP contribution in [0.5, 0.6) is 5.75 Å². The number of benzene rings is 2. The first-order valence-corrected chi connectivity index (χ1v) is 11.1. The first kappa shape index (κ1) is 22.7. The number of rotatable bonds is 8. The third-order valence-corrected chi connectivity index (χ3v) is 5.97. The molecule has 3 aromatic rings. The van der Waals surface area contributed by atoms with Gasteiger partial charge in [-0.25, -0.2) is 17.9 Å². The van der Waals surface area contributed by atoms with Crippen molar-refractivity contribution < 1.29 is 27.4 Å². The van der Waals surface area contributed by atoms with E-state index < -0.39 is 33.0 Å². The summed E-state index contributed by atoms with van der Waals surface area (Å²) in [5.74, 6) is -1.52. The minimum absolute atomic E-state index is 0.0994. The first-order chi connectivity index (χ1) is 14.5. The van der Waals surface area contributed by atoms with E-state index in [0.29, 0.717) is 11.3 Å². The molecular weight excluding hydrogens is 423 g/mol. The Hall–Kier alpha value is -3.01. The Bertz CT molecular complexity index is 1210. The van der Waals surface area contributed by atoms with Crippen LogP contribution in [0.4, 0.5) is 4.39 Å². The molecule has 164 valence electrons. The van der Waals surface area contributed by atoms with Crippen LogP contribution in [0.3, 0.4) is 0 Å². The summed E-state index contributed by atoms with van der Waals surface area (Å²) in [6.07, 6.45) is -0.0994. The van der Waals surface area contributed by atoms with Gasteiger partial charge in [0, 0.05) is 25.2 Å². The molecule has 1 atom stereocenters. The van der Waals surface area contributed by atoms with Crippen molar-refractivity contribution in [3.8, 4) is 5.75 Å². The Morgan fingerprint density at radius 3 is 2.45 bits per heavy atom. The second-order valence-corrected chi connectivity index (χ2v) is 8.94. The van der Waals surface area contributed by atoms with Crippen LogP contribution in [0.1, 0.15) is 27.3 Å². The number of methoxy groups -OCH3 is 1. The number of primary sulfonamides is 1. The summed E-state index contributed by atoms with van der Waals surface area (Å²) in [5.41, 5.74) is -0.447. The second-order valence-electron chi connectivity index (χ2n) is 7.32. The topological polar surface area (TPSA) is 112 Å². The predicted octanol–water partition coefficient (Wildman–Crippen LogP) is 2.12. The number of aromatic nitrogens is 1. The summed E-state index contributed by atoms with van der Waals surface area (Å²) in [6.45, 7) is 0. The van der Waals surface area contributed by atoms with Gasteiger partial charge in [-0.2, -0.15) is 0 Å². The monoisotopic (exact) mass is 446 g/mol. The maximum Gasteiger partial charge on any atom is 0.213 e. The lowest BCUT2D eigenvalue weighted by Gasteiger charge is -2.28. The summed E-state index contributed by atoms with van der Waals surface area (Å²) >= 11 is 0. The van der Waals surface area contributed by atoms with Crippen molar-refractivity contribution in [1.29, 1.82) is 0 Å². The van der Waals surface area contributed by atoms with Gasteiger partial charge >= 0.3 is 0 Å². The summed E-state index contributed by atoms with van der Waals surface area (Å²) in [5, 5.41) is 16.5. The van der Waals surface area contributed by atoms with Crippen LogP contribution in [-0.4, -0.2) is 36.7 Å². The molecule has 2 aromatic carbocycles. The third kappa shape index (κ3) is 5.01. The molecule has 0 radical (unpaired) electrons. The third-order valence-electron chi connectivity index (χ3n) is 5.09. The maximum absolute atomic E-state index is 13.5. The fourth-order valence-corrected chi connectivity index (χ4v) is 4.50. The molecule has 9 heteroatoms. The van der Waals surface area contributed by atoms with Crippen molar-refractivity contribution in [3.63, 3.8) is 0 Å². The zero-order chi connectivity index (χ0) is 22.8. The summed E-state index contributed by atoms with van der Waals surface area (Å²) in [7, 11) is -1.04. The SMILES string of the molecule is COc1cc(F)ccc1C(=O)c1ccc(CC(O)(CS(N)(=O)=O)c2ccccc2)n1C. The summed E-state index contributed by atoms with van der Waals surface area (Å²) in [4.78, 5) is 13.0. The number of halogens is 1. The van der Waals surface area contributed by atoms with Crippen molar-refractivity contribution in [1.82, 2.24) is 4.57 Å². The molecule has 1 unspecified atom stereocenters. The molecule has 0 saturated carbocycles. The van der Waals surface area contributed by atoms with E-state index in [1.165, 1.54) is 19.2 Å². The highest BCUT2D eigenvalue weighted by Crippen LogP contribution is 2.29. The minimum atomic E-state index is -4.01. The van der Waals surface area contributed by atoms with Gasteiger partial charge < -0.3 is 14.4 Å². The Morgan fingerprint density at radius 1 is 1.16 bits per heavy atom. The van der Waals surface area contributed by atoms with Gasteiger partial charge in [-0.1, -0.05) is 30.3 Å². The van der Waals surface area contributed by atoms with Crippen molar-refractivity contribution in [2.24, 2.45) is 12.2 Å². The Morgan fingerprint density at radius 2 is 1.84 bits per heavy atom. The first-order valence-electron chi connectivity index (χ1n) is 9.35. The molecule has 0 fully saturated rings. The van der Waals surface area contributed by atoms with Crippen LogP contribution >= 0.6 is 0 Å². The zero-order valence-electron chi connectivity index (χ0n) is 17.1. The number of nitrogens with zero attached hydrogens (tertiary/aromatic N) is 1. The van der Waals surface area contributed by atoms with Crippen molar-refractivity contribution >= 4 is 15.8 Å². The van der Waals surface area contributed by atoms with Gasteiger partial charge in [0.2, 0.25) is 15.8 Å². The molecule has 7 nitrogen and oxygen atoms in total. The second kappa shape index (κ2) is 8.62. The molecule has 1 aromatic heterocycles. The number of carbonyl (C=O) groups excluding carboxylic acids is 1. The van der Waals surface area contributed by atoms with Gasteiger partial charge in [0.15, 0.2) is 0 Å². The molecule has 0 saturated heterocycles. The molecule has 0 spiro atoms. The van der Waals surface area contributed by atoms with Gasteiger partial charge in [-0.05, 0) is 29.8 Å². The molecule has 3 N–H and O–H groups in total. The van der Waals surface area contributed by atoms with Crippen molar-refractivity contribution in [2.45, 2.75) is 12.0 Å². The number of nitrogens with two attached hydrogens (primary N) is 1. The van der Waals surface area contributed by atoms with Gasteiger partial charge in [0.05, 0.1) is 24.1 Å². The lowest BCUT2D eigenvalue weighted by atomic mass is 9.91. The highest BCUT2D eigenvalue weighted by molar-refractivity contribution is 7.89. The van der Waals surface area contributed by atoms with E-state index in [2.05, 4.69) is 0 Å². The zero-order valence-corrected chi connectivity index (χ0v) is 17.9. The smallest absolute Gasteiger partial charge is 0.213 e. The molecular formula is C22H23FN2O5S. The van der Waals surface area contributed by atoms with E-state index in [-0.39, 0.29) is 23.4 Å². The molecule has 0 aliphatic heterocycles. The van der Waals surface area contributed by atoms with Crippen LogP contribution < -0.4 is 9.88 Å². The number of carbonyl (C=O) groups is 1. The standard InChI is InChI=1S/C22H23FN2O5S/c1-25-17(13-22(27,14-31(24,28)29)15-6-4-3-5-7-15)9-11-19(25)21(26)18-10-8-16(23)12-20(18)30-2/h3-12,27H,13-14H2,1-2H3,(H2,24,28,29). The van der Waals surface area contributed by atoms with E-state index >= 15 is 0 Å². The van der Waals surface area contributed by atoms with Crippen LogP contribution in [0.2, 0.25) is 0 Å². The number of ketones is 1. The van der Waals surface area contributed by atoms with Gasteiger partial charge in [-0.15, -0.1) is 0 Å². The van der Waals surface area contributed by atoms with Crippen LogP contribution in [-0.2, 0) is 29.1 Å². The van der Waals surface area contributed by atoms with E-state index in [0.717, 1.165) is 6.07 Å². The predicted molar refractivity (Wildman–Crippen MR) is 114 cm³/mol. The van der Waals surface area contributed by atoms with Gasteiger partial charge in [0.25, 0.3) is 0 Å². The lowest BCUT2D eigenvalue weighted by Crippen LogP contribution is -2.39. The van der Waals surface area contributed by atoms with Gasteiger partial charge in [-0.3, -0.25) is 4.79 Å². The fourth-order valence-electron chi connectivity index (χ4n) is 3.57. The Labute approximate surface area is 179 Å². The normalized spacial score (nSPS) is 13.6. The number of ether oxygens (including phenoxy) is 1. The minimum Gasteiger partial charge on any atom is -0.496 e. The molecule has 0 aliphatic carbocycles. The summed E-state index contributed by atoms with van der Waals surface area (Å²) < 4.78 is 43.8. The summed E-state index contributed by atoms with van der Waals surface area (Å²) in [6, 6.07) is 15.2. The molecule has 0 bridgehead atoms. The average molecular weight is 447 g/mol. The molecule has 0 aliphatic rings. The number of hydrogen-bond donors (Lipinski definition) is 2. The van der Waals surface area contributed by atoms with E-state index in [9.17, 15) is 22.7 Å². The van der Waals surface area contributed by atoms with Crippen LogP contribution in [0, 0.1) is 5.82 Å². The van der Waals surface area contributed by atoms with Crippen LogP contribution in [0.15, 0.2) is 60.7 Å². The highest BCUT2D eigenvalue weighted by Gasteiger charge is 2.35. The molecule has 31 heavy (non-hydrogen) atoms. The van der Waals surface area contributed by atoms with E-state index in [1.807, 2.05) is 0 Å². The fraction of sp³-hybridized carbons (Fsp3) is 0.227. The Balaban J connectivity index is 1.99. The highest BCUT2D eigenvalue weighted by atomic mass is 32.2. The van der Waals surface area contributed by atoms with Gasteiger partial charge in [0.1, 0.15) is 17.2 Å². The van der Waals surface area contributed by atoms with Crippen molar-refractivity contribution in [3.05, 3.63) is 89.0 Å². The average Bonchev–Trinajstić information content (AvgIpc) is 3.06. The maximum atomic E-state index is 13.5. The molecule has 1 heterocycles. The number of sulfonamides is 1. The van der Waals surface area contributed by atoms with Crippen LogP contribution in [0.25, 0.3) is 0 Å². The van der Waals surface area contributed by atoms with E-state index in [4.69, 9.17) is 9.88 Å². The number of aliphatic hydroxyl groups is 1. The molecule has 3 rings (SSSR count). The van der Waals surface area contributed by atoms with E-state index in [1.54, 1.807) is 54.1 Å². The van der Waals surface area contributed by atoms with Crippen molar-refractivity contribution in [2.75, 3.05) is 12.9 Å².